The smallest absolute Gasteiger partial charge is 0.0700 e. The van der Waals surface area contributed by atoms with Crippen LogP contribution in [0, 0.1) is 17.8 Å². The van der Waals surface area contributed by atoms with Crippen LogP contribution in [-0.2, 0) is 0 Å². The molecule has 0 spiro atoms. The molecule has 2 fully saturated rings. The Kier molecular flexibility index (Phi) is 4.71. The summed E-state index contributed by atoms with van der Waals surface area (Å²) in [6.45, 7) is 10.5. The minimum Gasteiger partial charge on any atom is -0.390 e. The van der Waals surface area contributed by atoms with Gasteiger partial charge in [-0.05, 0) is 37.5 Å². The van der Waals surface area contributed by atoms with Gasteiger partial charge in [-0.2, -0.15) is 0 Å². The summed E-state index contributed by atoms with van der Waals surface area (Å²) in [5.41, 5.74) is -0.309. The molecule has 1 saturated carbocycles. The highest BCUT2D eigenvalue weighted by Gasteiger charge is 2.42. The first-order valence-electron chi connectivity index (χ1n) is 7.94. The molecule has 0 aromatic carbocycles. The monoisotopic (exact) mass is 253 g/mol. The maximum atomic E-state index is 10.7. The van der Waals surface area contributed by atoms with Crippen molar-refractivity contribution in [3.63, 3.8) is 0 Å². The van der Waals surface area contributed by atoms with E-state index in [9.17, 15) is 5.11 Å². The Labute approximate surface area is 113 Å². The Morgan fingerprint density at radius 2 is 2.00 bits per heavy atom. The summed E-state index contributed by atoms with van der Waals surface area (Å²) in [5.74, 6) is 2.14. The predicted molar refractivity (Wildman–Crippen MR) is 76.6 cm³/mol. The molecule has 1 saturated heterocycles. The third-order valence-electron chi connectivity index (χ3n) is 4.96. The summed E-state index contributed by atoms with van der Waals surface area (Å²) in [4.78, 5) is 2.61. The molecule has 1 aliphatic carbocycles. The molecule has 1 N–H and O–H groups in total. The van der Waals surface area contributed by atoms with Gasteiger partial charge in [-0.25, -0.2) is 0 Å². The molecule has 2 rings (SSSR count). The number of fused-ring (bicyclic) bond motifs is 1. The first kappa shape index (κ1) is 14.3. The fraction of sp³-hybridized carbons (Fsp3) is 1.00. The highest BCUT2D eigenvalue weighted by molar-refractivity contribution is 4.95. The van der Waals surface area contributed by atoms with Crippen LogP contribution in [0.15, 0.2) is 0 Å². The van der Waals surface area contributed by atoms with Gasteiger partial charge in [0.25, 0.3) is 0 Å². The molecule has 106 valence electrons. The van der Waals surface area contributed by atoms with Crippen molar-refractivity contribution in [2.45, 2.75) is 64.9 Å². The van der Waals surface area contributed by atoms with Gasteiger partial charge in [0.2, 0.25) is 0 Å². The first-order valence-corrected chi connectivity index (χ1v) is 7.94. The SMILES string of the molecule is CC(C)CC(C)CN1CCC2(O)CCCCC2C1. The standard InChI is InChI=1S/C16H31NO/c1-13(2)10-14(3)11-17-9-8-16(18)7-5-4-6-15(16)12-17/h13-15,18H,4-12H2,1-3H3. The number of aliphatic hydroxyl groups is 1. The van der Waals surface area contributed by atoms with E-state index < -0.39 is 0 Å². The van der Waals surface area contributed by atoms with Gasteiger partial charge in [0, 0.05) is 25.6 Å². The van der Waals surface area contributed by atoms with Gasteiger partial charge in [-0.3, -0.25) is 0 Å². The number of likely N-dealkylation sites (tertiary alicyclic amines) is 1. The summed E-state index contributed by atoms with van der Waals surface area (Å²) >= 11 is 0. The van der Waals surface area contributed by atoms with Crippen molar-refractivity contribution >= 4 is 0 Å². The number of hydrogen-bond acceptors (Lipinski definition) is 2. The van der Waals surface area contributed by atoms with Gasteiger partial charge in [-0.1, -0.05) is 33.6 Å². The Balaban J connectivity index is 1.83. The summed E-state index contributed by atoms with van der Waals surface area (Å²) < 4.78 is 0. The number of nitrogens with zero attached hydrogens (tertiary/aromatic N) is 1. The summed E-state index contributed by atoms with van der Waals surface area (Å²) in [6.07, 6.45) is 7.18. The van der Waals surface area contributed by atoms with Crippen molar-refractivity contribution in [2.24, 2.45) is 17.8 Å². The molecule has 0 amide bonds. The highest BCUT2D eigenvalue weighted by atomic mass is 16.3. The molecule has 2 heteroatoms. The van der Waals surface area contributed by atoms with Gasteiger partial charge in [0.15, 0.2) is 0 Å². The van der Waals surface area contributed by atoms with Gasteiger partial charge in [0.1, 0.15) is 0 Å². The van der Waals surface area contributed by atoms with Crippen LogP contribution in [0.25, 0.3) is 0 Å². The molecule has 3 unspecified atom stereocenters. The van der Waals surface area contributed by atoms with Crippen LogP contribution in [0.2, 0.25) is 0 Å². The van der Waals surface area contributed by atoms with Crippen molar-refractivity contribution in [3.8, 4) is 0 Å². The second kappa shape index (κ2) is 5.92. The third-order valence-corrected chi connectivity index (χ3v) is 4.96. The van der Waals surface area contributed by atoms with Gasteiger partial charge >= 0.3 is 0 Å². The maximum Gasteiger partial charge on any atom is 0.0700 e. The molecule has 18 heavy (non-hydrogen) atoms. The maximum absolute atomic E-state index is 10.7. The van der Waals surface area contributed by atoms with E-state index in [1.165, 1.54) is 32.2 Å². The summed E-state index contributed by atoms with van der Waals surface area (Å²) in [7, 11) is 0. The normalized spacial score (nSPS) is 35.5. The molecule has 0 aromatic heterocycles. The van der Waals surface area contributed by atoms with E-state index in [-0.39, 0.29) is 5.60 Å². The Morgan fingerprint density at radius 3 is 2.72 bits per heavy atom. The zero-order chi connectivity index (χ0) is 13.2. The van der Waals surface area contributed by atoms with Crippen LogP contribution in [0.4, 0.5) is 0 Å². The van der Waals surface area contributed by atoms with Crippen molar-refractivity contribution in [1.29, 1.82) is 0 Å². The second-order valence-electron chi connectivity index (χ2n) is 7.29. The molecule has 0 radical (unpaired) electrons. The molecule has 0 aromatic rings. The zero-order valence-electron chi connectivity index (χ0n) is 12.5. The summed E-state index contributed by atoms with van der Waals surface area (Å²) in [6, 6.07) is 0. The Bertz CT molecular complexity index is 266. The predicted octanol–water partition coefficient (Wildman–Crippen LogP) is 3.30. The molecule has 2 nitrogen and oxygen atoms in total. The molecule has 2 aliphatic rings. The minimum absolute atomic E-state index is 0.309. The van der Waals surface area contributed by atoms with E-state index in [2.05, 4.69) is 25.7 Å². The fourth-order valence-corrected chi connectivity index (χ4v) is 4.13. The van der Waals surface area contributed by atoms with E-state index in [0.717, 1.165) is 37.8 Å². The van der Waals surface area contributed by atoms with E-state index in [0.29, 0.717) is 5.92 Å². The number of rotatable bonds is 4. The van der Waals surface area contributed by atoms with Gasteiger partial charge < -0.3 is 10.0 Å². The quantitative estimate of drug-likeness (QED) is 0.831. The fourth-order valence-electron chi connectivity index (χ4n) is 4.13. The van der Waals surface area contributed by atoms with Crippen LogP contribution in [-0.4, -0.2) is 35.2 Å². The van der Waals surface area contributed by atoms with Crippen LogP contribution in [0.3, 0.4) is 0 Å². The van der Waals surface area contributed by atoms with E-state index in [1.54, 1.807) is 0 Å². The van der Waals surface area contributed by atoms with Crippen LogP contribution >= 0.6 is 0 Å². The van der Waals surface area contributed by atoms with Crippen molar-refractivity contribution in [1.82, 2.24) is 4.90 Å². The first-order chi connectivity index (χ1) is 8.49. The lowest BCUT2D eigenvalue weighted by atomic mass is 9.71. The largest absolute Gasteiger partial charge is 0.390 e. The van der Waals surface area contributed by atoms with Gasteiger partial charge in [0.05, 0.1) is 5.60 Å². The highest BCUT2D eigenvalue weighted by Crippen LogP contribution is 2.39. The van der Waals surface area contributed by atoms with E-state index in [1.807, 2.05) is 0 Å². The average molecular weight is 253 g/mol. The van der Waals surface area contributed by atoms with Crippen molar-refractivity contribution in [3.05, 3.63) is 0 Å². The third kappa shape index (κ3) is 3.48. The van der Waals surface area contributed by atoms with Crippen molar-refractivity contribution < 1.29 is 5.11 Å². The van der Waals surface area contributed by atoms with E-state index >= 15 is 0 Å². The Morgan fingerprint density at radius 1 is 1.22 bits per heavy atom. The van der Waals surface area contributed by atoms with Crippen LogP contribution < -0.4 is 0 Å². The number of piperidine rings is 1. The molecule has 3 atom stereocenters. The average Bonchev–Trinajstić information content (AvgIpc) is 2.28. The molecule has 1 aliphatic heterocycles. The van der Waals surface area contributed by atoms with E-state index in [4.69, 9.17) is 0 Å². The second-order valence-corrected chi connectivity index (χ2v) is 7.29. The van der Waals surface area contributed by atoms with Crippen LogP contribution in [0.5, 0.6) is 0 Å². The number of hydrogen-bond donors (Lipinski definition) is 1. The molecule has 1 heterocycles. The van der Waals surface area contributed by atoms with Crippen molar-refractivity contribution in [2.75, 3.05) is 19.6 Å². The Hall–Kier alpha value is -0.0800. The van der Waals surface area contributed by atoms with Crippen LogP contribution in [0.1, 0.15) is 59.3 Å². The molecular weight excluding hydrogens is 222 g/mol. The molecular formula is C16H31NO. The lowest BCUT2D eigenvalue weighted by Gasteiger charge is -2.48. The summed E-state index contributed by atoms with van der Waals surface area (Å²) in [5, 5.41) is 10.7. The topological polar surface area (TPSA) is 23.5 Å². The molecule has 0 bridgehead atoms. The van der Waals surface area contributed by atoms with Gasteiger partial charge in [-0.15, -0.1) is 0 Å². The lowest BCUT2D eigenvalue weighted by Crippen LogP contribution is -2.53. The zero-order valence-corrected chi connectivity index (χ0v) is 12.5. The lowest BCUT2D eigenvalue weighted by molar-refractivity contribution is -0.0971. The minimum atomic E-state index is -0.309.